The van der Waals surface area contributed by atoms with Crippen molar-refractivity contribution in [3.63, 3.8) is 0 Å². The van der Waals surface area contributed by atoms with Crippen molar-refractivity contribution in [3.8, 4) is 0 Å². The molecule has 1 fully saturated rings. The van der Waals surface area contributed by atoms with E-state index in [0.717, 1.165) is 10.9 Å². The van der Waals surface area contributed by atoms with E-state index in [0.29, 0.717) is 16.8 Å². The number of H-pyrrole nitrogens is 2. The van der Waals surface area contributed by atoms with Gasteiger partial charge in [-0.15, -0.1) is 0 Å². The van der Waals surface area contributed by atoms with Gasteiger partial charge in [0.1, 0.15) is 42.3 Å². The van der Waals surface area contributed by atoms with E-state index >= 15 is 0 Å². The number of guanidine groups is 1. The summed E-state index contributed by atoms with van der Waals surface area (Å²) in [5, 5.41) is 22.3. The molecule has 2 aromatic heterocycles. The topological polar surface area (TPSA) is 385 Å². The number of aliphatic imine (C=N–C) groups is 1. The SMILES string of the molecule is CC(=O)NC(CCCN=C(N)N)C(=O)NC1CC(=O)NCCCCC(C(N)=O)NC(=O)C(Cc2c[nH]c3ccccc23)NC(=O)C(C(C)C)NC(=O)C(Cc2ccccc2)NC(=O)C(Cc2cnc[nH]2)NC1=O. The predicted octanol–water partition coefficient (Wildman–Crippen LogP) is -1.78. The molecular formula is C49H67N15O9. The van der Waals surface area contributed by atoms with Crippen molar-refractivity contribution in [1.82, 2.24) is 57.5 Å². The highest BCUT2D eigenvalue weighted by Crippen LogP contribution is 2.20. The molecule has 1 aliphatic heterocycles. The molecule has 4 aromatic rings. The first-order valence-electron chi connectivity index (χ1n) is 24.1. The van der Waals surface area contributed by atoms with Crippen LogP contribution in [0.2, 0.25) is 0 Å². The zero-order valence-corrected chi connectivity index (χ0v) is 41.1. The molecule has 5 rings (SSSR count). The number of primary amides is 1. The minimum atomic E-state index is -1.62. The van der Waals surface area contributed by atoms with E-state index in [1.165, 1.54) is 19.4 Å². The van der Waals surface area contributed by atoms with E-state index in [9.17, 15) is 43.2 Å². The standard InChI is InChI=1S/C49H67N15O9/c1-27(2)41-48(73)63-37(21-30-24-56-33-15-8-7-14-32(30)33)44(69)59-34(42(50)67)16-9-10-18-54-40(66)23-39(62-43(68)35(58-28(3)65)17-11-19-55-49(51)52)46(71)61-38(22-31-25-53-26-57-31)45(70)60-36(47(72)64-41)20-29-12-5-4-6-13-29/h4-8,12-15,24-27,34-39,41,56H,9-11,16-23H2,1-3H3,(H2,50,67)(H,53,57)(H,54,66)(H,58,65)(H,59,69)(H,60,70)(H,61,71)(H,62,68)(H,63,73)(H,64,72)(H4,51,52,55). The van der Waals surface area contributed by atoms with E-state index in [1.54, 1.807) is 50.4 Å². The van der Waals surface area contributed by atoms with Crippen LogP contribution in [0.25, 0.3) is 10.9 Å². The van der Waals surface area contributed by atoms with Crippen LogP contribution >= 0.6 is 0 Å². The third-order valence-corrected chi connectivity index (χ3v) is 12.1. The molecule has 1 saturated heterocycles. The van der Waals surface area contributed by atoms with E-state index in [1.807, 2.05) is 24.3 Å². The Morgan fingerprint density at radius 2 is 1.42 bits per heavy atom. The molecule has 2 aromatic carbocycles. The first-order chi connectivity index (χ1) is 34.9. The average molecular weight is 1010 g/mol. The summed E-state index contributed by atoms with van der Waals surface area (Å²) in [6.07, 6.45) is 4.43. The molecule has 0 spiro atoms. The van der Waals surface area contributed by atoms with Crippen molar-refractivity contribution in [1.29, 1.82) is 0 Å². The highest BCUT2D eigenvalue weighted by atomic mass is 16.2. The van der Waals surface area contributed by atoms with Gasteiger partial charge in [0.25, 0.3) is 0 Å². The van der Waals surface area contributed by atoms with Gasteiger partial charge < -0.3 is 69.7 Å². The summed E-state index contributed by atoms with van der Waals surface area (Å²) in [5.74, 6) is -7.72. The van der Waals surface area contributed by atoms with Crippen molar-refractivity contribution < 1.29 is 43.2 Å². The first-order valence-corrected chi connectivity index (χ1v) is 24.1. The highest BCUT2D eigenvalue weighted by molar-refractivity contribution is 5.99. The molecule has 16 N–H and O–H groups in total. The molecular weight excluding hydrogens is 943 g/mol. The molecule has 392 valence electrons. The number of nitrogens with zero attached hydrogens (tertiary/aromatic N) is 2. The van der Waals surface area contributed by atoms with Gasteiger partial charge in [-0.05, 0) is 55.2 Å². The summed E-state index contributed by atoms with van der Waals surface area (Å²) in [6.45, 7) is 4.73. The Balaban J connectivity index is 1.52. The molecule has 3 heterocycles. The van der Waals surface area contributed by atoms with E-state index in [-0.39, 0.29) is 70.4 Å². The molecule has 0 bridgehead atoms. The number of rotatable bonds is 15. The van der Waals surface area contributed by atoms with Crippen LogP contribution in [0, 0.1) is 5.92 Å². The minimum absolute atomic E-state index is 0.0250. The van der Waals surface area contributed by atoms with Gasteiger partial charge in [-0.2, -0.15) is 0 Å². The van der Waals surface area contributed by atoms with E-state index in [4.69, 9.17) is 17.2 Å². The normalized spacial score (nSPS) is 21.5. The lowest BCUT2D eigenvalue weighted by atomic mass is 9.99. The fourth-order valence-electron chi connectivity index (χ4n) is 8.23. The molecule has 0 aliphatic carbocycles. The Kier molecular flexibility index (Phi) is 20.8. The quantitative estimate of drug-likeness (QED) is 0.0357. The Bertz CT molecular complexity index is 2580. The third kappa shape index (κ3) is 17.5. The van der Waals surface area contributed by atoms with Crippen LogP contribution in [-0.2, 0) is 62.4 Å². The summed E-state index contributed by atoms with van der Waals surface area (Å²) >= 11 is 0. The second-order valence-electron chi connectivity index (χ2n) is 18.2. The average Bonchev–Trinajstić information content (AvgIpc) is 4.02. The van der Waals surface area contributed by atoms with Crippen LogP contribution in [0.15, 0.2) is 78.3 Å². The van der Waals surface area contributed by atoms with Crippen LogP contribution in [0.5, 0.6) is 0 Å². The second kappa shape index (κ2) is 27.3. The summed E-state index contributed by atoms with van der Waals surface area (Å²) < 4.78 is 0. The number of hydrogen-bond donors (Lipinski definition) is 13. The molecule has 7 atom stereocenters. The zero-order valence-electron chi connectivity index (χ0n) is 41.1. The van der Waals surface area contributed by atoms with Gasteiger partial charge in [0.2, 0.25) is 53.2 Å². The van der Waals surface area contributed by atoms with Crippen LogP contribution in [-0.4, -0.2) is 129 Å². The van der Waals surface area contributed by atoms with Gasteiger partial charge >= 0.3 is 0 Å². The molecule has 24 nitrogen and oxygen atoms in total. The third-order valence-electron chi connectivity index (χ3n) is 12.1. The summed E-state index contributed by atoms with van der Waals surface area (Å²) in [4.78, 5) is 139. The van der Waals surface area contributed by atoms with Crippen molar-refractivity contribution in [3.05, 3.63) is 90.1 Å². The van der Waals surface area contributed by atoms with Crippen molar-refractivity contribution in [2.75, 3.05) is 13.1 Å². The predicted molar refractivity (Wildman–Crippen MR) is 269 cm³/mol. The van der Waals surface area contributed by atoms with Gasteiger partial charge in [0.05, 0.1) is 12.7 Å². The Hall–Kier alpha value is -8.31. The molecule has 7 unspecified atom stereocenters. The summed E-state index contributed by atoms with van der Waals surface area (Å²) in [5.41, 5.74) is 19.2. The van der Waals surface area contributed by atoms with Gasteiger partial charge in [-0.1, -0.05) is 62.4 Å². The molecule has 0 saturated carbocycles. The molecule has 73 heavy (non-hydrogen) atoms. The van der Waals surface area contributed by atoms with Gasteiger partial charge in [0, 0.05) is 68.3 Å². The fraction of sp³-hybridized carbons (Fsp3) is 0.449. The summed E-state index contributed by atoms with van der Waals surface area (Å²) in [7, 11) is 0. The Morgan fingerprint density at radius 1 is 0.767 bits per heavy atom. The number of imidazole rings is 1. The van der Waals surface area contributed by atoms with Gasteiger partial charge in [0.15, 0.2) is 5.96 Å². The number of hydrogen-bond acceptors (Lipinski definition) is 11. The zero-order chi connectivity index (χ0) is 53.0. The Labute approximate surface area is 421 Å². The molecule has 0 radical (unpaired) electrons. The highest BCUT2D eigenvalue weighted by Gasteiger charge is 2.36. The lowest BCUT2D eigenvalue weighted by Gasteiger charge is -2.29. The van der Waals surface area contributed by atoms with Crippen LogP contribution in [0.1, 0.15) is 76.1 Å². The second-order valence-corrected chi connectivity index (χ2v) is 18.2. The number of carbonyl (C=O) groups excluding carboxylic acids is 9. The first kappa shape index (κ1) is 55.6. The number of fused-ring (bicyclic) bond motifs is 1. The summed E-state index contributed by atoms with van der Waals surface area (Å²) in [6, 6.07) is 6.73. The number of nitrogens with one attached hydrogen (secondary N) is 10. The lowest BCUT2D eigenvalue weighted by molar-refractivity contribution is -0.136. The smallest absolute Gasteiger partial charge is 0.243 e. The minimum Gasteiger partial charge on any atom is -0.370 e. The van der Waals surface area contributed by atoms with Crippen LogP contribution in [0.4, 0.5) is 0 Å². The van der Waals surface area contributed by atoms with E-state index < -0.39 is 108 Å². The van der Waals surface area contributed by atoms with Crippen LogP contribution < -0.4 is 59.7 Å². The number of amides is 9. The van der Waals surface area contributed by atoms with Crippen molar-refractivity contribution in [2.24, 2.45) is 28.1 Å². The molecule has 9 amide bonds. The molecule has 1 aliphatic rings. The van der Waals surface area contributed by atoms with Crippen LogP contribution in [0.3, 0.4) is 0 Å². The molecule has 24 heteroatoms. The van der Waals surface area contributed by atoms with Gasteiger partial charge in [-0.3, -0.25) is 48.1 Å². The Morgan fingerprint density at radius 3 is 2.11 bits per heavy atom. The number of aromatic nitrogens is 3. The van der Waals surface area contributed by atoms with Gasteiger partial charge in [-0.25, -0.2) is 4.98 Å². The number of para-hydroxylation sites is 1. The monoisotopic (exact) mass is 1010 g/mol. The number of carbonyl (C=O) groups is 9. The maximum atomic E-state index is 14.6. The largest absolute Gasteiger partial charge is 0.370 e. The fourth-order valence-corrected chi connectivity index (χ4v) is 8.23. The van der Waals surface area contributed by atoms with Crippen molar-refractivity contribution >= 4 is 70.0 Å². The maximum Gasteiger partial charge on any atom is 0.243 e. The van der Waals surface area contributed by atoms with E-state index in [2.05, 4.69) is 62.5 Å². The van der Waals surface area contributed by atoms with Crippen molar-refractivity contribution in [2.45, 2.75) is 121 Å². The lowest BCUT2D eigenvalue weighted by Crippen LogP contribution is -2.61. The number of benzene rings is 2. The number of nitrogens with two attached hydrogens (primary N) is 3. The maximum absolute atomic E-state index is 14.6. The number of aromatic amines is 2.